The molecule has 2 aromatic rings. The molecule has 2 aromatic heterocycles. The van der Waals surface area contributed by atoms with Gasteiger partial charge in [0.25, 0.3) is 5.91 Å². The highest BCUT2D eigenvalue weighted by Gasteiger charge is 2.29. The Morgan fingerprint density at radius 2 is 2.25 bits per heavy atom. The molecule has 3 rings (SSSR count). The van der Waals surface area contributed by atoms with Gasteiger partial charge in [0.05, 0.1) is 18.9 Å². The zero-order valence-electron chi connectivity index (χ0n) is 13.7. The Kier molecular flexibility index (Phi) is 4.89. The van der Waals surface area contributed by atoms with Gasteiger partial charge in [-0.2, -0.15) is 0 Å². The largest absolute Gasteiger partial charge is 0.465 e. The summed E-state index contributed by atoms with van der Waals surface area (Å²) in [7, 11) is 1.36. The Balaban J connectivity index is 1.94. The average molecular weight is 345 g/mol. The molecular weight excluding hydrogens is 326 g/mol. The van der Waals surface area contributed by atoms with Gasteiger partial charge in [-0.3, -0.25) is 9.78 Å². The Morgan fingerprint density at radius 3 is 2.92 bits per heavy atom. The van der Waals surface area contributed by atoms with Gasteiger partial charge in [0.1, 0.15) is 10.7 Å². The van der Waals surface area contributed by atoms with E-state index in [1.165, 1.54) is 41.9 Å². The van der Waals surface area contributed by atoms with E-state index >= 15 is 0 Å². The number of hydrogen-bond acceptors (Lipinski definition) is 6. The fourth-order valence-electron chi connectivity index (χ4n) is 2.99. The number of hydrogen-bond donors (Lipinski definition) is 1. The first-order chi connectivity index (χ1) is 11.6. The Morgan fingerprint density at radius 1 is 1.42 bits per heavy atom. The molecule has 126 valence electrons. The smallest absolute Gasteiger partial charge is 0.341 e. The van der Waals surface area contributed by atoms with Crippen LogP contribution in [0.2, 0.25) is 0 Å². The number of aromatic nitrogens is 2. The summed E-state index contributed by atoms with van der Waals surface area (Å²) >= 11 is 1.47. The molecule has 0 spiro atoms. The minimum atomic E-state index is -0.406. The number of carbonyl (C=O) groups excluding carboxylic acids is 2. The summed E-state index contributed by atoms with van der Waals surface area (Å²) in [6.07, 6.45) is 8.33. The lowest BCUT2D eigenvalue weighted by Crippen LogP contribution is -2.17. The summed E-state index contributed by atoms with van der Waals surface area (Å²) in [6, 6.07) is 0. The molecular formula is C17H19N3O3S. The standard InChI is InChI=1S/C17H19N3O3S/c1-3-10-4-5-11-13(8-10)24-16(14(11)17(22)23-2)20-15(21)12-9-18-6-7-19-12/h6-7,9-10H,3-5,8H2,1-2H3,(H,20,21)/t10-/m0/s1. The highest BCUT2D eigenvalue weighted by Crippen LogP contribution is 2.40. The lowest BCUT2D eigenvalue weighted by Gasteiger charge is -2.20. The first kappa shape index (κ1) is 16.6. The number of nitrogens with zero attached hydrogens (tertiary/aromatic N) is 2. The predicted molar refractivity (Wildman–Crippen MR) is 91.4 cm³/mol. The number of thiophene rings is 1. The molecule has 24 heavy (non-hydrogen) atoms. The fourth-order valence-corrected chi connectivity index (χ4v) is 4.34. The number of rotatable bonds is 4. The summed E-state index contributed by atoms with van der Waals surface area (Å²) in [4.78, 5) is 33.6. The Bertz CT molecular complexity index is 758. The molecule has 7 heteroatoms. The summed E-state index contributed by atoms with van der Waals surface area (Å²) < 4.78 is 4.93. The van der Waals surface area contributed by atoms with Crippen LogP contribution in [0.4, 0.5) is 5.00 Å². The summed E-state index contributed by atoms with van der Waals surface area (Å²) in [5.41, 5.74) is 1.72. The van der Waals surface area contributed by atoms with E-state index in [1.807, 2.05) is 0 Å². The van der Waals surface area contributed by atoms with Gasteiger partial charge >= 0.3 is 5.97 Å². The number of amides is 1. The quantitative estimate of drug-likeness (QED) is 0.861. The molecule has 1 aliphatic carbocycles. The molecule has 0 radical (unpaired) electrons. The zero-order valence-corrected chi connectivity index (χ0v) is 14.5. The molecule has 0 saturated carbocycles. The van der Waals surface area contributed by atoms with Crippen LogP contribution < -0.4 is 5.32 Å². The molecule has 1 aliphatic rings. The number of nitrogens with one attached hydrogen (secondary N) is 1. The van der Waals surface area contributed by atoms with Crippen LogP contribution in [0.1, 0.15) is 51.1 Å². The van der Waals surface area contributed by atoms with Crippen molar-refractivity contribution in [1.82, 2.24) is 9.97 Å². The summed E-state index contributed by atoms with van der Waals surface area (Å²) in [5, 5.41) is 3.35. The Hall–Kier alpha value is -2.28. The fraction of sp³-hybridized carbons (Fsp3) is 0.412. The number of ether oxygens (including phenoxy) is 1. The second kappa shape index (κ2) is 7.09. The number of anilines is 1. The first-order valence-corrected chi connectivity index (χ1v) is 8.75. The maximum Gasteiger partial charge on any atom is 0.341 e. The second-order valence-corrected chi connectivity index (χ2v) is 6.87. The van der Waals surface area contributed by atoms with Crippen LogP contribution in [0.15, 0.2) is 18.6 Å². The van der Waals surface area contributed by atoms with E-state index in [-0.39, 0.29) is 11.6 Å². The molecule has 0 bridgehead atoms. The van der Waals surface area contributed by atoms with Crippen LogP contribution in [0, 0.1) is 5.92 Å². The molecule has 0 fully saturated rings. The number of fused-ring (bicyclic) bond motifs is 1. The van der Waals surface area contributed by atoms with Gasteiger partial charge in [0, 0.05) is 17.3 Å². The monoisotopic (exact) mass is 345 g/mol. The van der Waals surface area contributed by atoms with Crippen molar-refractivity contribution in [3.63, 3.8) is 0 Å². The summed E-state index contributed by atoms with van der Waals surface area (Å²) in [5.74, 6) is -0.152. The molecule has 0 aliphatic heterocycles. The van der Waals surface area contributed by atoms with Crippen molar-refractivity contribution in [1.29, 1.82) is 0 Å². The lowest BCUT2D eigenvalue weighted by molar-refractivity contribution is 0.0601. The average Bonchev–Trinajstić information content (AvgIpc) is 2.98. The van der Waals surface area contributed by atoms with Crippen molar-refractivity contribution < 1.29 is 14.3 Å². The molecule has 1 N–H and O–H groups in total. The maximum atomic E-state index is 12.4. The van der Waals surface area contributed by atoms with Crippen LogP contribution in [0.3, 0.4) is 0 Å². The zero-order chi connectivity index (χ0) is 17.1. The molecule has 1 atom stereocenters. The number of esters is 1. The predicted octanol–water partition coefficient (Wildman–Crippen LogP) is 3.09. The van der Waals surface area contributed by atoms with Crippen molar-refractivity contribution in [3.05, 3.63) is 40.3 Å². The van der Waals surface area contributed by atoms with Crippen LogP contribution in [0.5, 0.6) is 0 Å². The van der Waals surface area contributed by atoms with Gasteiger partial charge in [-0.25, -0.2) is 9.78 Å². The van der Waals surface area contributed by atoms with Crippen LogP contribution >= 0.6 is 11.3 Å². The van der Waals surface area contributed by atoms with E-state index in [9.17, 15) is 9.59 Å². The minimum Gasteiger partial charge on any atom is -0.465 e. The van der Waals surface area contributed by atoms with E-state index in [0.717, 1.165) is 31.2 Å². The number of methoxy groups -OCH3 is 1. The summed E-state index contributed by atoms with van der Waals surface area (Å²) in [6.45, 7) is 2.18. The molecule has 1 amide bonds. The van der Waals surface area contributed by atoms with Gasteiger partial charge < -0.3 is 10.1 Å². The van der Waals surface area contributed by atoms with Gasteiger partial charge in [-0.15, -0.1) is 11.3 Å². The van der Waals surface area contributed by atoms with Crippen molar-refractivity contribution in [2.45, 2.75) is 32.6 Å². The number of carbonyl (C=O) groups is 2. The highest BCUT2D eigenvalue weighted by molar-refractivity contribution is 7.17. The van der Waals surface area contributed by atoms with Crippen molar-refractivity contribution in [2.75, 3.05) is 12.4 Å². The van der Waals surface area contributed by atoms with E-state index < -0.39 is 5.97 Å². The normalized spacial score (nSPS) is 16.3. The van der Waals surface area contributed by atoms with Crippen LogP contribution in [-0.4, -0.2) is 29.0 Å². The van der Waals surface area contributed by atoms with Crippen LogP contribution in [0.25, 0.3) is 0 Å². The molecule has 0 aromatic carbocycles. The van der Waals surface area contributed by atoms with Gasteiger partial charge in [0.15, 0.2) is 0 Å². The topological polar surface area (TPSA) is 81.2 Å². The third kappa shape index (κ3) is 3.17. The first-order valence-electron chi connectivity index (χ1n) is 7.94. The van der Waals surface area contributed by atoms with Crippen LogP contribution in [-0.2, 0) is 17.6 Å². The Labute approximate surface area is 144 Å². The van der Waals surface area contributed by atoms with E-state index in [2.05, 4.69) is 22.2 Å². The molecule has 6 nitrogen and oxygen atoms in total. The van der Waals surface area contributed by atoms with E-state index in [0.29, 0.717) is 16.5 Å². The molecule has 0 unspecified atom stereocenters. The minimum absolute atomic E-state index is 0.214. The second-order valence-electron chi connectivity index (χ2n) is 5.76. The van der Waals surface area contributed by atoms with Crippen molar-refractivity contribution in [2.24, 2.45) is 5.92 Å². The third-order valence-electron chi connectivity index (χ3n) is 4.36. The van der Waals surface area contributed by atoms with Gasteiger partial charge in [-0.1, -0.05) is 13.3 Å². The SMILES string of the molecule is CC[C@H]1CCc2c(sc(NC(=O)c3cnccn3)c2C(=O)OC)C1. The highest BCUT2D eigenvalue weighted by atomic mass is 32.1. The van der Waals surface area contributed by atoms with Crippen molar-refractivity contribution >= 4 is 28.2 Å². The van der Waals surface area contributed by atoms with E-state index in [4.69, 9.17) is 4.74 Å². The molecule has 2 heterocycles. The lowest BCUT2D eigenvalue weighted by atomic mass is 9.85. The van der Waals surface area contributed by atoms with Crippen molar-refractivity contribution in [3.8, 4) is 0 Å². The maximum absolute atomic E-state index is 12.4. The third-order valence-corrected chi connectivity index (χ3v) is 5.53. The van der Waals surface area contributed by atoms with Gasteiger partial charge in [0.2, 0.25) is 0 Å². The van der Waals surface area contributed by atoms with E-state index in [1.54, 1.807) is 0 Å². The molecule has 0 saturated heterocycles. The van der Waals surface area contributed by atoms with Gasteiger partial charge in [-0.05, 0) is 30.7 Å².